The minimum atomic E-state index is -4.19. The van der Waals surface area contributed by atoms with Crippen LogP contribution in [0.1, 0.15) is 12.5 Å². The van der Waals surface area contributed by atoms with Crippen LogP contribution < -0.4 is 5.32 Å². The number of para-hydroxylation sites is 1. The zero-order valence-electron chi connectivity index (χ0n) is 8.77. The molecular weight excluding hydrogens is 254 g/mol. The summed E-state index contributed by atoms with van der Waals surface area (Å²) in [5.41, 5.74) is 1.97. The summed E-state index contributed by atoms with van der Waals surface area (Å²) in [5, 5.41) is 2.73. The van der Waals surface area contributed by atoms with Gasteiger partial charge < -0.3 is 5.32 Å². The molecule has 0 atom stereocenters. The van der Waals surface area contributed by atoms with E-state index < -0.39 is 9.33 Å². The molecule has 0 aliphatic rings. The van der Waals surface area contributed by atoms with E-state index in [0.717, 1.165) is 11.3 Å². The highest BCUT2D eigenvalue weighted by Gasteiger charge is 1.96. The molecule has 0 unspecified atom stereocenters. The lowest BCUT2D eigenvalue weighted by atomic mass is 10.2. The van der Waals surface area contributed by atoms with Gasteiger partial charge in [0, 0.05) is 23.3 Å². The number of halogens is 1. The van der Waals surface area contributed by atoms with Gasteiger partial charge in [0.2, 0.25) is 5.91 Å². The van der Waals surface area contributed by atoms with E-state index in [9.17, 15) is 4.79 Å². The van der Waals surface area contributed by atoms with Gasteiger partial charge in [0.15, 0.2) is 0 Å². The Morgan fingerprint density at radius 2 is 1.81 bits per heavy atom. The summed E-state index contributed by atoms with van der Waals surface area (Å²) in [6, 6.07) is 7.70. The topological polar surface area (TPSA) is 83.5 Å². The first kappa shape index (κ1) is 14.9. The van der Waals surface area contributed by atoms with Crippen molar-refractivity contribution in [3.63, 3.8) is 0 Å². The molecule has 2 N–H and O–H groups in total. The van der Waals surface area contributed by atoms with Crippen LogP contribution in [-0.2, 0) is 14.1 Å². The average molecular weight is 266 g/mol. The van der Waals surface area contributed by atoms with Crippen LogP contribution in [0.3, 0.4) is 0 Å². The van der Waals surface area contributed by atoms with Crippen molar-refractivity contribution >= 4 is 31.6 Å². The highest BCUT2D eigenvalue weighted by atomic mass is 35.7. The first-order valence-corrected chi connectivity index (χ1v) is 6.47. The van der Waals surface area contributed by atoms with E-state index in [4.69, 9.17) is 13.0 Å². The number of hydrogen-bond donors (Lipinski definition) is 2. The van der Waals surface area contributed by atoms with Crippen molar-refractivity contribution in [2.45, 2.75) is 13.8 Å². The van der Waals surface area contributed by atoms with Gasteiger partial charge >= 0.3 is 9.33 Å². The highest BCUT2D eigenvalue weighted by Crippen LogP contribution is 2.12. The van der Waals surface area contributed by atoms with Crippen LogP contribution in [0.4, 0.5) is 5.69 Å². The zero-order valence-corrected chi connectivity index (χ0v) is 10.3. The largest absolute Gasteiger partial charge is 0.353 e. The van der Waals surface area contributed by atoms with Crippen molar-refractivity contribution in [1.29, 1.82) is 0 Å². The van der Waals surface area contributed by atoms with E-state index in [2.05, 4.69) is 16.0 Å². The van der Waals surface area contributed by atoms with Gasteiger partial charge in [0.05, 0.1) is 0 Å². The normalized spacial score (nSPS) is 10.0. The molecule has 0 aromatic heterocycles. The van der Waals surface area contributed by atoms with E-state index in [1.54, 1.807) is 0 Å². The molecule has 16 heavy (non-hydrogen) atoms. The summed E-state index contributed by atoms with van der Waals surface area (Å²) in [4.78, 5) is 10.7. The molecule has 0 spiro atoms. The zero-order chi connectivity index (χ0) is 12.8. The van der Waals surface area contributed by atoms with Gasteiger partial charge in [0.25, 0.3) is 0 Å². The molecule has 1 rings (SSSR count). The van der Waals surface area contributed by atoms with Crippen LogP contribution in [0, 0.1) is 6.92 Å². The quantitative estimate of drug-likeness (QED) is 0.601. The van der Waals surface area contributed by atoms with E-state index in [1.165, 1.54) is 6.92 Å². The van der Waals surface area contributed by atoms with Gasteiger partial charge in [-0.2, -0.15) is 8.42 Å². The molecule has 1 aromatic rings. The third-order valence-corrected chi connectivity index (χ3v) is 1.46. The smallest absolute Gasteiger partial charge is 0.326 e. The highest BCUT2D eigenvalue weighted by molar-refractivity contribution is 8.09. The maximum atomic E-state index is 10.7. The lowest BCUT2D eigenvalue weighted by Gasteiger charge is -2.03. The number of carbonyl (C=O) groups is 1. The van der Waals surface area contributed by atoms with Gasteiger partial charge in [0.1, 0.15) is 0 Å². The fourth-order valence-electron chi connectivity index (χ4n) is 0.903. The van der Waals surface area contributed by atoms with E-state index in [0.29, 0.717) is 0 Å². The van der Waals surface area contributed by atoms with Crippen molar-refractivity contribution in [1.82, 2.24) is 0 Å². The summed E-state index contributed by atoms with van der Waals surface area (Å²) in [5.74, 6) is -0.0284. The third kappa shape index (κ3) is 9.45. The molecule has 1 aromatic carbocycles. The van der Waals surface area contributed by atoms with Crippen LogP contribution in [0.15, 0.2) is 24.3 Å². The van der Waals surface area contributed by atoms with Crippen LogP contribution >= 0.6 is 10.7 Å². The Balaban J connectivity index is 0.000000385. The van der Waals surface area contributed by atoms with Gasteiger partial charge in [-0.15, -0.1) is 0 Å². The van der Waals surface area contributed by atoms with Gasteiger partial charge in [-0.3, -0.25) is 9.35 Å². The van der Waals surface area contributed by atoms with Gasteiger partial charge in [-0.05, 0) is 18.6 Å². The van der Waals surface area contributed by atoms with E-state index >= 15 is 0 Å². The standard InChI is InChI=1S/C9H11NO.ClHO3S/c1-7-5-3-4-6-9(7)10-8(2)11;1-5(2,3)4/h3-6H,1-2H3,(H,10,11);(H,2,3,4). The molecule has 1 amide bonds. The summed E-state index contributed by atoms with van der Waals surface area (Å²) in [6.07, 6.45) is 0. The first-order chi connectivity index (χ1) is 7.20. The summed E-state index contributed by atoms with van der Waals surface area (Å²) in [7, 11) is -0.137. The van der Waals surface area contributed by atoms with Gasteiger partial charge in [-0.25, -0.2) is 0 Å². The number of carbonyl (C=O) groups excluding carboxylic acids is 1. The Kier molecular flexibility index (Phi) is 6.02. The average Bonchev–Trinajstić information content (AvgIpc) is 2.05. The number of anilines is 1. The van der Waals surface area contributed by atoms with Crippen molar-refractivity contribution in [3.8, 4) is 0 Å². The molecule has 0 fully saturated rings. The molecule has 7 heteroatoms. The Labute approximate surface area is 98.7 Å². The predicted octanol–water partition coefficient (Wildman–Crippen LogP) is 1.98. The Hall–Kier alpha value is -1.11. The number of nitrogens with one attached hydrogen (secondary N) is 1. The Morgan fingerprint density at radius 3 is 2.19 bits per heavy atom. The van der Waals surface area contributed by atoms with Gasteiger partial charge in [-0.1, -0.05) is 18.2 Å². The van der Waals surface area contributed by atoms with Crippen molar-refractivity contribution in [3.05, 3.63) is 29.8 Å². The Bertz CT molecular complexity index is 450. The fraction of sp³-hybridized carbons (Fsp3) is 0.222. The predicted molar refractivity (Wildman–Crippen MR) is 62.9 cm³/mol. The molecule has 5 nitrogen and oxygen atoms in total. The number of benzene rings is 1. The molecule has 0 heterocycles. The second kappa shape index (κ2) is 6.47. The lowest BCUT2D eigenvalue weighted by Crippen LogP contribution is -2.06. The molecule has 90 valence electrons. The maximum absolute atomic E-state index is 10.7. The van der Waals surface area contributed by atoms with Crippen molar-refractivity contribution in [2.75, 3.05) is 5.32 Å². The molecule has 0 bridgehead atoms. The summed E-state index contributed by atoms with van der Waals surface area (Å²) in [6.45, 7) is 3.47. The first-order valence-electron chi connectivity index (χ1n) is 4.20. The molecule has 0 saturated heterocycles. The monoisotopic (exact) mass is 265 g/mol. The second-order valence-electron chi connectivity index (χ2n) is 2.91. The minimum absolute atomic E-state index is 0.0284. The SMILES string of the molecule is CC(=O)Nc1ccccc1C.O=S(=O)(O)Cl. The van der Waals surface area contributed by atoms with E-state index in [-0.39, 0.29) is 5.91 Å². The summed E-state index contributed by atoms with van der Waals surface area (Å²) < 4.78 is 25.2. The summed E-state index contributed by atoms with van der Waals surface area (Å²) >= 11 is 0. The number of hydrogen-bond acceptors (Lipinski definition) is 3. The fourth-order valence-corrected chi connectivity index (χ4v) is 0.903. The number of aryl methyl sites for hydroxylation is 1. The molecule has 0 aliphatic carbocycles. The lowest BCUT2D eigenvalue weighted by molar-refractivity contribution is -0.114. The molecule has 0 radical (unpaired) electrons. The van der Waals surface area contributed by atoms with Crippen molar-refractivity contribution in [2.24, 2.45) is 0 Å². The number of rotatable bonds is 1. The Morgan fingerprint density at radius 1 is 1.38 bits per heavy atom. The maximum Gasteiger partial charge on any atom is 0.353 e. The van der Waals surface area contributed by atoms with Crippen LogP contribution in [0.25, 0.3) is 0 Å². The molecule has 0 aliphatic heterocycles. The minimum Gasteiger partial charge on any atom is -0.326 e. The molecular formula is C9H12ClNO4S. The second-order valence-corrected chi connectivity index (χ2v) is 4.90. The third-order valence-electron chi connectivity index (χ3n) is 1.46. The number of amides is 1. The van der Waals surface area contributed by atoms with Crippen molar-refractivity contribution < 1.29 is 17.8 Å². The van der Waals surface area contributed by atoms with Crippen LogP contribution in [0.5, 0.6) is 0 Å². The van der Waals surface area contributed by atoms with Crippen LogP contribution in [-0.4, -0.2) is 18.9 Å². The van der Waals surface area contributed by atoms with E-state index in [1.807, 2.05) is 31.2 Å². The molecule has 0 saturated carbocycles. The van der Waals surface area contributed by atoms with Crippen LogP contribution in [0.2, 0.25) is 0 Å².